The first-order valence-corrected chi connectivity index (χ1v) is 15.0. The largest absolute Gasteiger partial charge is 0.493 e. The lowest BCUT2D eigenvalue weighted by Gasteiger charge is -2.15. The summed E-state index contributed by atoms with van der Waals surface area (Å²) in [6, 6.07) is 27.8. The number of halogens is 2. The fraction of sp³-hybridized carbons (Fsp3) is 0.121. The number of carbonyl (C=O) groups excluding carboxylic acids is 3. The van der Waals surface area contributed by atoms with E-state index in [1.165, 1.54) is 11.8 Å². The minimum atomic E-state index is -0.527. The molecule has 0 bridgehead atoms. The van der Waals surface area contributed by atoms with Crippen molar-refractivity contribution in [2.24, 2.45) is 0 Å². The Bertz CT molecular complexity index is 1650. The van der Waals surface area contributed by atoms with Gasteiger partial charge in [-0.2, -0.15) is 0 Å². The van der Waals surface area contributed by atoms with Crippen LogP contribution in [0, 0.1) is 0 Å². The Labute approximate surface area is 264 Å². The predicted octanol–water partition coefficient (Wildman–Crippen LogP) is 7.92. The van der Waals surface area contributed by atoms with Crippen LogP contribution in [-0.4, -0.2) is 29.6 Å². The highest BCUT2D eigenvalue weighted by Crippen LogP contribution is 2.29. The second-order valence-electron chi connectivity index (χ2n) is 9.20. The van der Waals surface area contributed by atoms with Crippen LogP contribution in [-0.2, 0) is 9.59 Å². The Hall–Kier alpha value is -4.24. The van der Waals surface area contributed by atoms with Crippen molar-refractivity contribution in [3.05, 3.63) is 124 Å². The quantitative estimate of drug-likeness (QED) is 0.115. The van der Waals surface area contributed by atoms with Gasteiger partial charge in [-0.25, -0.2) is 0 Å². The van der Waals surface area contributed by atoms with Crippen LogP contribution in [0.25, 0.3) is 6.08 Å². The third-order valence-corrected chi connectivity index (χ3v) is 7.65. The van der Waals surface area contributed by atoms with Crippen molar-refractivity contribution >= 4 is 70.1 Å². The van der Waals surface area contributed by atoms with Crippen molar-refractivity contribution < 1.29 is 19.1 Å². The second kappa shape index (κ2) is 15.3. The Balaban J connectivity index is 1.51. The monoisotopic (exact) mass is 633 g/mol. The number of ether oxygens (including phenoxy) is 1. The molecule has 0 fully saturated rings. The normalized spacial score (nSPS) is 11.8. The summed E-state index contributed by atoms with van der Waals surface area (Å²) in [6.45, 7) is 4.08. The molecular formula is C33H29Cl2N3O4S. The fourth-order valence-electron chi connectivity index (χ4n) is 3.91. The van der Waals surface area contributed by atoms with E-state index in [4.69, 9.17) is 27.9 Å². The average Bonchev–Trinajstić information content (AvgIpc) is 2.99. The van der Waals surface area contributed by atoms with Gasteiger partial charge in [0.1, 0.15) is 11.4 Å². The van der Waals surface area contributed by atoms with Gasteiger partial charge in [0.25, 0.3) is 11.8 Å². The van der Waals surface area contributed by atoms with E-state index in [0.717, 1.165) is 4.90 Å². The summed E-state index contributed by atoms with van der Waals surface area (Å²) in [5.41, 5.74) is 2.03. The van der Waals surface area contributed by atoms with E-state index in [0.29, 0.717) is 44.9 Å². The van der Waals surface area contributed by atoms with Crippen LogP contribution < -0.4 is 20.7 Å². The molecule has 1 atom stereocenters. The van der Waals surface area contributed by atoms with Crippen LogP contribution in [0.5, 0.6) is 5.75 Å². The number of amides is 3. The van der Waals surface area contributed by atoms with Gasteiger partial charge >= 0.3 is 0 Å². The maximum Gasteiger partial charge on any atom is 0.272 e. The molecule has 0 spiro atoms. The van der Waals surface area contributed by atoms with Crippen molar-refractivity contribution in [2.45, 2.75) is 24.0 Å². The number of rotatable bonds is 11. The minimum Gasteiger partial charge on any atom is -0.493 e. The van der Waals surface area contributed by atoms with Gasteiger partial charge in [0.05, 0.1) is 22.6 Å². The van der Waals surface area contributed by atoms with Crippen LogP contribution in [0.2, 0.25) is 10.0 Å². The van der Waals surface area contributed by atoms with E-state index in [2.05, 4.69) is 16.0 Å². The number of benzene rings is 4. The maximum absolute atomic E-state index is 13.5. The molecule has 0 aliphatic rings. The van der Waals surface area contributed by atoms with Crippen molar-refractivity contribution in [1.29, 1.82) is 0 Å². The molecule has 0 aliphatic heterocycles. The van der Waals surface area contributed by atoms with Gasteiger partial charge in [0.2, 0.25) is 5.91 Å². The summed E-state index contributed by atoms with van der Waals surface area (Å²) in [6.07, 6.45) is 1.58. The summed E-state index contributed by atoms with van der Waals surface area (Å²) in [7, 11) is 0. The number of thioether (sulfide) groups is 1. The molecule has 10 heteroatoms. The summed E-state index contributed by atoms with van der Waals surface area (Å²) >= 11 is 13.5. The smallest absolute Gasteiger partial charge is 0.272 e. The number of carbonyl (C=O) groups is 3. The van der Waals surface area contributed by atoms with Crippen molar-refractivity contribution in [1.82, 2.24) is 5.32 Å². The zero-order valence-corrected chi connectivity index (χ0v) is 25.7. The third kappa shape index (κ3) is 9.12. The molecule has 0 saturated heterocycles. The highest BCUT2D eigenvalue weighted by molar-refractivity contribution is 8.00. The van der Waals surface area contributed by atoms with E-state index < -0.39 is 17.1 Å². The number of nitrogens with one attached hydrogen (secondary N) is 3. The molecule has 43 heavy (non-hydrogen) atoms. The van der Waals surface area contributed by atoms with Crippen LogP contribution >= 0.6 is 35.0 Å². The van der Waals surface area contributed by atoms with E-state index in [1.807, 2.05) is 25.1 Å². The van der Waals surface area contributed by atoms with Crippen molar-refractivity contribution in [3.8, 4) is 5.75 Å². The molecule has 3 amide bonds. The predicted molar refractivity (Wildman–Crippen MR) is 175 cm³/mol. The van der Waals surface area contributed by atoms with Crippen molar-refractivity contribution in [3.63, 3.8) is 0 Å². The molecule has 4 aromatic carbocycles. The fourth-order valence-corrected chi connectivity index (χ4v) is 5.30. The molecule has 0 heterocycles. The molecular weight excluding hydrogens is 605 g/mol. The zero-order valence-electron chi connectivity index (χ0n) is 23.4. The Morgan fingerprint density at radius 2 is 1.63 bits per heavy atom. The van der Waals surface area contributed by atoms with Crippen LogP contribution in [0.4, 0.5) is 11.4 Å². The molecule has 4 rings (SSSR count). The zero-order chi connectivity index (χ0) is 30.8. The molecule has 220 valence electrons. The van der Waals surface area contributed by atoms with Crippen LogP contribution in [0.3, 0.4) is 0 Å². The molecule has 0 radical (unpaired) electrons. The Kier molecular flexibility index (Phi) is 11.3. The first-order valence-electron chi connectivity index (χ1n) is 13.4. The van der Waals surface area contributed by atoms with E-state index >= 15 is 0 Å². The summed E-state index contributed by atoms with van der Waals surface area (Å²) in [5, 5.41) is 8.75. The lowest BCUT2D eigenvalue weighted by atomic mass is 10.1. The Morgan fingerprint density at radius 1 is 0.884 bits per heavy atom. The molecule has 0 saturated carbocycles. The molecule has 0 aliphatic carbocycles. The number of hydrogen-bond donors (Lipinski definition) is 3. The van der Waals surface area contributed by atoms with Gasteiger partial charge in [0.15, 0.2) is 0 Å². The van der Waals surface area contributed by atoms with Gasteiger partial charge in [0, 0.05) is 26.7 Å². The first kappa shape index (κ1) is 31.7. The molecule has 4 aromatic rings. The standard InChI is InChI=1S/C33H29Cl2N3O4S/c1-3-42-30-15-8-7-12-23(30)18-29(38-32(40)22-10-5-4-6-11-22)33(41)36-25-13-9-14-26(20-25)43-21(2)31(39)37-28-17-16-24(34)19-27(28)35/h4-21H,3H2,1-2H3,(H,36,41)(H,37,39)(H,38,40)/b29-18+. The van der Waals surface area contributed by atoms with Crippen molar-refractivity contribution in [2.75, 3.05) is 17.2 Å². The molecule has 0 aromatic heterocycles. The minimum absolute atomic E-state index is 0.0339. The van der Waals surface area contributed by atoms with E-state index in [9.17, 15) is 14.4 Å². The van der Waals surface area contributed by atoms with Crippen LogP contribution in [0.1, 0.15) is 29.8 Å². The lowest BCUT2D eigenvalue weighted by molar-refractivity contribution is -0.115. The first-order chi connectivity index (χ1) is 20.7. The maximum atomic E-state index is 13.5. The molecule has 7 nitrogen and oxygen atoms in total. The number of hydrogen-bond acceptors (Lipinski definition) is 5. The highest BCUT2D eigenvalue weighted by Gasteiger charge is 2.18. The topological polar surface area (TPSA) is 96.5 Å². The molecule has 3 N–H and O–H groups in total. The van der Waals surface area contributed by atoms with E-state index in [-0.39, 0.29) is 11.6 Å². The lowest BCUT2D eigenvalue weighted by Crippen LogP contribution is -2.30. The van der Waals surface area contributed by atoms with E-state index in [1.54, 1.807) is 91.9 Å². The number of anilines is 2. The Morgan fingerprint density at radius 3 is 2.37 bits per heavy atom. The number of para-hydroxylation sites is 1. The van der Waals surface area contributed by atoms with Gasteiger partial charge < -0.3 is 20.7 Å². The molecule has 1 unspecified atom stereocenters. The highest BCUT2D eigenvalue weighted by atomic mass is 35.5. The summed E-state index contributed by atoms with van der Waals surface area (Å²) < 4.78 is 5.71. The van der Waals surface area contributed by atoms with Gasteiger partial charge in [-0.1, -0.05) is 65.7 Å². The average molecular weight is 635 g/mol. The third-order valence-electron chi connectivity index (χ3n) is 6.01. The van der Waals surface area contributed by atoms with Crippen LogP contribution in [0.15, 0.2) is 108 Å². The summed E-state index contributed by atoms with van der Waals surface area (Å²) in [4.78, 5) is 40.1. The van der Waals surface area contributed by atoms with Gasteiger partial charge in [-0.05, 0) is 74.5 Å². The SMILES string of the molecule is CCOc1ccccc1/C=C(/NC(=O)c1ccccc1)C(=O)Nc1cccc(SC(C)C(=O)Nc2ccc(Cl)cc2Cl)c1. The van der Waals surface area contributed by atoms with Gasteiger partial charge in [-0.3, -0.25) is 14.4 Å². The van der Waals surface area contributed by atoms with Gasteiger partial charge in [-0.15, -0.1) is 11.8 Å². The second-order valence-corrected chi connectivity index (χ2v) is 11.5. The summed E-state index contributed by atoms with van der Waals surface area (Å²) in [5.74, 6) is -0.623.